The van der Waals surface area contributed by atoms with Crippen LogP contribution in [-0.2, 0) is 15.8 Å². The second-order valence-electron chi connectivity index (χ2n) is 8.45. The van der Waals surface area contributed by atoms with Gasteiger partial charge in [-0.05, 0) is 44.5 Å². The van der Waals surface area contributed by atoms with Crippen molar-refractivity contribution in [2.45, 2.75) is 32.1 Å². The fraction of sp³-hybridized carbons (Fsp3) is 0.261. The summed E-state index contributed by atoms with van der Waals surface area (Å²) in [4.78, 5) is 17.6. The Hall–Kier alpha value is -3.46. The van der Waals surface area contributed by atoms with Crippen LogP contribution in [0.1, 0.15) is 41.0 Å². The minimum atomic E-state index is -3.63. The summed E-state index contributed by atoms with van der Waals surface area (Å²) >= 11 is 0. The number of hydrogen-bond donors (Lipinski definition) is 2. The first-order valence-electron chi connectivity index (χ1n) is 10.1. The number of nitrogens with two attached hydrogens (primary N) is 1. The number of nitrogens with one attached hydrogen (secondary N) is 1. The number of aryl methyl sites for hydroxylation is 1. The van der Waals surface area contributed by atoms with Gasteiger partial charge in [0.25, 0.3) is 15.9 Å². The zero-order chi connectivity index (χ0) is 23.1. The molecule has 0 atom stereocenters. The van der Waals surface area contributed by atoms with Gasteiger partial charge in [0.15, 0.2) is 0 Å². The highest BCUT2D eigenvalue weighted by atomic mass is 32.2. The molecule has 0 fully saturated rings. The molecule has 1 amide bonds. The fourth-order valence-corrected chi connectivity index (χ4v) is 4.79. The van der Waals surface area contributed by atoms with E-state index in [4.69, 9.17) is 10.5 Å². The molecule has 166 valence electrons. The third-order valence-electron chi connectivity index (χ3n) is 5.07. The number of carbonyl (C=O) groups is 1. The molecular weight excluding hydrogens is 428 g/mol. The molecule has 4 rings (SSSR count). The van der Waals surface area contributed by atoms with E-state index in [1.165, 1.54) is 0 Å². The summed E-state index contributed by atoms with van der Waals surface area (Å²) in [5.41, 5.74) is 8.23. The molecule has 0 radical (unpaired) electrons. The van der Waals surface area contributed by atoms with Gasteiger partial charge < -0.3 is 15.8 Å². The summed E-state index contributed by atoms with van der Waals surface area (Å²) in [6.45, 7) is 5.68. The molecule has 9 heteroatoms. The molecule has 3 aromatic rings. The van der Waals surface area contributed by atoms with Gasteiger partial charge in [0, 0.05) is 11.1 Å². The van der Waals surface area contributed by atoms with Gasteiger partial charge in [0.05, 0.1) is 27.9 Å². The number of pyridine rings is 1. The zero-order valence-corrected chi connectivity index (χ0v) is 18.9. The number of rotatable bonds is 5. The first-order chi connectivity index (χ1) is 15.0. The average Bonchev–Trinajstić information content (AvgIpc) is 2.70. The predicted molar refractivity (Wildman–Crippen MR) is 123 cm³/mol. The van der Waals surface area contributed by atoms with Crippen LogP contribution in [0, 0.1) is 6.92 Å². The van der Waals surface area contributed by atoms with Gasteiger partial charge >= 0.3 is 0 Å². The highest BCUT2D eigenvalue weighted by Crippen LogP contribution is 2.28. The number of aromatic nitrogens is 1. The molecule has 3 N–H and O–H groups in total. The maximum atomic E-state index is 13.1. The van der Waals surface area contributed by atoms with E-state index >= 15 is 0 Å². The number of amidine groups is 1. The molecule has 0 aliphatic carbocycles. The van der Waals surface area contributed by atoms with E-state index in [1.807, 2.05) is 45.0 Å². The SMILES string of the molecule is Cc1cc(C(=O)NC(C)(C)COc2cccc3c2C(N)=NS(=O)(=O)C3)c2ccccc2n1. The summed E-state index contributed by atoms with van der Waals surface area (Å²) in [7, 11) is -3.63. The molecule has 2 aromatic carbocycles. The quantitative estimate of drug-likeness (QED) is 0.613. The third kappa shape index (κ3) is 4.43. The Morgan fingerprint density at radius 1 is 1.19 bits per heavy atom. The number of benzene rings is 2. The van der Waals surface area contributed by atoms with E-state index in [-0.39, 0.29) is 24.1 Å². The molecule has 1 aromatic heterocycles. The van der Waals surface area contributed by atoms with Gasteiger partial charge in [-0.3, -0.25) is 9.78 Å². The van der Waals surface area contributed by atoms with E-state index in [1.54, 1.807) is 24.3 Å². The van der Waals surface area contributed by atoms with Crippen molar-refractivity contribution in [3.63, 3.8) is 0 Å². The van der Waals surface area contributed by atoms with Crippen molar-refractivity contribution >= 4 is 32.7 Å². The molecule has 1 aliphatic heterocycles. The number of sulfonamides is 1. The van der Waals surface area contributed by atoms with E-state index in [0.717, 1.165) is 16.6 Å². The number of fused-ring (bicyclic) bond motifs is 2. The van der Waals surface area contributed by atoms with Crippen LogP contribution in [0.15, 0.2) is 52.9 Å². The Bertz CT molecular complexity index is 1360. The van der Waals surface area contributed by atoms with Crippen LogP contribution in [0.4, 0.5) is 0 Å². The van der Waals surface area contributed by atoms with Crippen molar-refractivity contribution in [1.29, 1.82) is 0 Å². The summed E-state index contributed by atoms with van der Waals surface area (Å²) in [5, 5.41) is 3.79. The van der Waals surface area contributed by atoms with Crippen LogP contribution in [0.3, 0.4) is 0 Å². The van der Waals surface area contributed by atoms with Crippen molar-refractivity contribution in [3.05, 3.63) is 70.9 Å². The maximum Gasteiger partial charge on any atom is 0.259 e. The first-order valence-corrected chi connectivity index (χ1v) is 11.7. The number of para-hydroxylation sites is 1. The summed E-state index contributed by atoms with van der Waals surface area (Å²) in [6, 6.07) is 14.4. The molecule has 8 nitrogen and oxygen atoms in total. The van der Waals surface area contributed by atoms with Gasteiger partial charge in [0.2, 0.25) is 0 Å². The zero-order valence-electron chi connectivity index (χ0n) is 18.0. The second kappa shape index (κ2) is 7.90. The van der Waals surface area contributed by atoms with Gasteiger partial charge in [0.1, 0.15) is 18.2 Å². The minimum Gasteiger partial charge on any atom is -0.490 e. The lowest BCUT2D eigenvalue weighted by Gasteiger charge is -2.28. The van der Waals surface area contributed by atoms with Gasteiger partial charge in [-0.1, -0.05) is 30.3 Å². The molecule has 0 bridgehead atoms. The van der Waals surface area contributed by atoms with Crippen molar-refractivity contribution < 1.29 is 17.9 Å². The largest absolute Gasteiger partial charge is 0.490 e. The smallest absolute Gasteiger partial charge is 0.259 e. The van der Waals surface area contributed by atoms with E-state index < -0.39 is 15.6 Å². The molecule has 2 heterocycles. The van der Waals surface area contributed by atoms with Crippen molar-refractivity contribution in [3.8, 4) is 5.75 Å². The normalized spacial score (nSPS) is 15.0. The van der Waals surface area contributed by atoms with Crippen LogP contribution in [-0.4, -0.2) is 37.3 Å². The van der Waals surface area contributed by atoms with Gasteiger partial charge in [-0.25, -0.2) is 8.42 Å². The standard InChI is InChI=1S/C23H24N4O4S/c1-14-11-17(16-8-4-5-9-18(16)25-14)22(28)26-23(2,3)13-31-19-10-6-7-15-12-32(29,30)27-21(24)20(15)19/h4-11H,12-13H2,1-3H3,(H2,24,27)(H,26,28). The molecule has 1 aliphatic rings. The average molecular weight is 453 g/mol. The van der Waals surface area contributed by atoms with Crippen LogP contribution in [0.25, 0.3) is 10.9 Å². The third-order valence-corrected chi connectivity index (χ3v) is 6.22. The number of hydrogen-bond acceptors (Lipinski definition) is 6. The van der Waals surface area contributed by atoms with E-state index in [0.29, 0.717) is 22.4 Å². The van der Waals surface area contributed by atoms with E-state index in [2.05, 4.69) is 14.7 Å². The van der Waals surface area contributed by atoms with E-state index in [9.17, 15) is 13.2 Å². The Morgan fingerprint density at radius 2 is 1.94 bits per heavy atom. The topological polar surface area (TPSA) is 124 Å². The van der Waals surface area contributed by atoms with Crippen molar-refractivity contribution in [2.24, 2.45) is 10.1 Å². The molecule has 0 spiro atoms. The molecule has 0 saturated heterocycles. The molecule has 32 heavy (non-hydrogen) atoms. The molecule has 0 saturated carbocycles. The highest BCUT2D eigenvalue weighted by molar-refractivity contribution is 7.89. The van der Waals surface area contributed by atoms with Crippen LogP contribution in [0.5, 0.6) is 5.75 Å². The Balaban J connectivity index is 1.54. The minimum absolute atomic E-state index is 0.0950. The van der Waals surface area contributed by atoms with Gasteiger partial charge in [-0.2, -0.15) is 0 Å². The number of amides is 1. The van der Waals surface area contributed by atoms with Crippen molar-refractivity contribution in [1.82, 2.24) is 10.3 Å². The van der Waals surface area contributed by atoms with Crippen molar-refractivity contribution in [2.75, 3.05) is 6.61 Å². The number of nitrogens with zero attached hydrogens (tertiary/aromatic N) is 2. The van der Waals surface area contributed by atoms with Crippen LogP contribution < -0.4 is 15.8 Å². The predicted octanol–water partition coefficient (Wildman–Crippen LogP) is 2.68. The lowest BCUT2D eigenvalue weighted by atomic mass is 10.0. The lowest BCUT2D eigenvalue weighted by Crippen LogP contribution is -2.48. The molecule has 0 unspecified atom stereocenters. The Morgan fingerprint density at radius 3 is 2.72 bits per heavy atom. The summed E-state index contributed by atoms with van der Waals surface area (Å²) < 4.78 is 33.3. The lowest BCUT2D eigenvalue weighted by molar-refractivity contribution is 0.0882. The molecular formula is C23H24N4O4S. The maximum absolute atomic E-state index is 13.1. The number of ether oxygens (including phenoxy) is 1. The fourth-order valence-electron chi connectivity index (χ4n) is 3.70. The van der Waals surface area contributed by atoms with Gasteiger partial charge in [-0.15, -0.1) is 4.40 Å². The Kier molecular flexibility index (Phi) is 5.37. The second-order valence-corrected chi connectivity index (χ2v) is 10.1. The Labute approximate surface area is 186 Å². The number of carbonyl (C=O) groups excluding carboxylic acids is 1. The highest BCUT2D eigenvalue weighted by Gasteiger charge is 2.28. The van der Waals surface area contributed by atoms with Crippen LogP contribution >= 0.6 is 0 Å². The van der Waals surface area contributed by atoms with Crippen LogP contribution in [0.2, 0.25) is 0 Å². The first kappa shape index (κ1) is 21.8. The summed E-state index contributed by atoms with van der Waals surface area (Å²) in [6.07, 6.45) is 0. The summed E-state index contributed by atoms with van der Waals surface area (Å²) in [5.74, 6) is -0.134. The monoisotopic (exact) mass is 452 g/mol.